The molecule has 0 saturated heterocycles. The molecule has 0 bridgehead atoms. The average molecular weight is 240 g/mol. The van der Waals surface area contributed by atoms with Crippen molar-refractivity contribution in [3.05, 3.63) is 5.82 Å². The summed E-state index contributed by atoms with van der Waals surface area (Å²) in [6.45, 7) is 2.00. The van der Waals surface area contributed by atoms with Crippen molar-refractivity contribution in [2.45, 2.75) is 44.8 Å². The van der Waals surface area contributed by atoms with Gasteiger partial charge in [-0.25, -0.2) is 9.48 Å². The third kappa shape index (κ3) is 2.44. The van der Waals surface area contributed by atoms with Crippen LogP contribution in [0.3, 0.4) is 0 Å². The van der Waals surface area contributed by atoms with E-state index >= 15 is 0 Å². The summed E-state index contributed by atoms with van der Waals surface area (Å²) >= 11 is 0. The quantitative estimate of drug-likeness (QED) is 0.765. The maximum absolute atomic E-state index is 11.6. The molecule has 1 saturated carbocycles. The van der Waals surface area contributed by atoms with Gasteiger partial charge in [-0.15, -0.1) is 5.10 Å². The molecule has 1 heterocycles. The molecule has 2 atom stereocenters. The molecule has 1 N–H and O–H groups in total. The molecular formula is C10H16N4O3. The van der Waals surface area contributed by atoms with Crippen LogP contribution in [-0.2, 0) is 4.74 Å². The molecule has 0 radical (unpaired) electrons. The van der Waals surface area contributed by atoms with Gasteiger partial charge < -0.3 is 9.84 Å². The summed E-state index contributed by atoms with van der Waals surface area (Å²) in [6, 6.07) is -0.224. The van der Waals surface area contributed by atoms with Crippen LogP contribution in [0, 0.1) is 0 Å². The number of tetrazole rings is 1. The molecule has 1 fully saturated rings. The third-order valence-corrected chi connectivity index (χ3v) is 2.96. The summed E-state index contributed by atoms with van der Waals surface area (Å²) < 4.78 is 6.26. The number of carbonyl (C=O) groups excluding carboxylic acids is 1. The first kappa shape index (κ1) is 12.0. The van der Waals surface area contributed by atoms with Crippen LogP contribution in [-0.4, -0.2) is 44.0 Å². The number of aliphatic hydroxyl groups is 1. The summed E-state index contributed by atoms with van der Waals surface area (Å²) in [6.07, 6.45) is 2.99. The number of nitrogens with zero attached hydrogens (tertiary/aromatic N) is 4. The standard InChI is InChI=1S/C10H16N4O3/c1-2-17-10(16)9-11-12-13-14(9)7-5-3-4-6-8(7)15/h7-8,15H,2-6H2,1H3. The van der Waals surface area contributed by atoms with Gasteiger partial charge in [-0.1, -0.05) is 12.8 Å². The lowest BCUT2D eigenvalue weighted by atomic mass is 9.93. The van der Waals surface area contributed by atoms with Gasteiger partial charge in [-0.2, -0.15) is 0 Å². The minimum Gasteiger partial charge on any atom is -0.460 e. The highest BCUT2D eigenvalue weighted by Gasteiger charge is 2.30. The van der Waals surface area contributed by atoms with Gasteiger partial charge in [0.1, 0.15) is 0 Å². The highest BCUT2D eigenvalue weighted by atomic mass is 16.5. The van der Waals surface area contributed by atoms with Crippen molar-refractivity contribution in [3.8, 4) is 0 Å². The van der Waals surface area contributed by atoms with Gasteiger partial charge in [0, 0.05) is 0 Å². The predicted molar refractivity (Wildman–Crippen MR) is 57.3 cm³/mol. The molecule has 94 valence electrons. The van der Waals surface area contributed by atoms with Crippen LogP contribution < -0.4 is 0 Å². The van der Waals surface area contributed by atoms with Crippen LogP contribution in [0.15, 0.2) is 0 Å². The molecule has 1 aromatic heterocycles. The second-order valence-electron chi connectivity index (χ2n) is 4.09. The Morgan fingerprint density at radius 1 is 1.53 bits per heavy atom. The molecule has 2 rings (SSSR count). The fraction of sp³-hybridized carbons (Fsp3) is 0.800. The minimum absolute atomic E-state index is 0.0674. The Balaban J connectivity index is 2.20. The molecule has 0 amide bonds. The Labute approximate surface area is 98.8 Å². The molecule has 0 spiro atoms. The molecule has 7 heteroatoms. The molecule has 2 unspecified atom stereocenters. The van der Waals surface area contributed by atoms with Gasteiger partial charge in [0.05, 0.1) is 18.8 Å². The largest absolute Gasteiger partial charge is 0.460 e. The van der Waals surface area contributed by atoms with Crippen LogP contribution in [0.1, 0.15) is 49.3 Å². The van der Waals surface area contributed by atoms with Gasteiger partial charge in [-0.05, 0) is 30.2 Å². The second kappa shape index (κ2) is 5.22. The Morgan fingerprint density at radius 2 is 2.29 bits per heavy atom. The van der Waals surface area contributed by atoms with Gasteiger partial charge in [0.15, 0.2) is 0 Å². The molecule has 0 aromatic carbocycles. The number of aromatic nitrogens is 4. The van der Waals surface area contributed by atoms with Crippen molar-refractivity contribution in [1.29, 1.82) is 0 Å². The van der Waals surface area contributed by atoms with E-state index in [2.05, 4.69) is 15.5 Å². The lowest BCUT2D eigenvalue weighted by Crippen LogP contribution is -2.31. The normalized spacial score (nSPS) is 24.6. The zero-order valence-corrected chi connectivity index (χ0v) is 9.74. The van der Waals surface area contributed by atoms with E-state index in [1.165, 1.54) is 4.68 Å². The fourth-order valence-electron chi connectivity index (χ4n) is 2.12. The van der Waals surface area contributed by atoms with Gasteiger partial charge >= 0.3 is 5.97 Å². The monoisotopic (exact) mass is 240 g/mol. The van der Waals surface area contributed by atoms with E-state index in [4.69, 9.17) is 4.74 Å². The summed E-state index contributed by atoms with van der Waals surface area (Å²) in [5.74, 6) is -0.479. The predicted octanol–water partition coefficient (Wildman–Crippen LogP) is 0.326. The third-order valence-electron chi connectivity index (χ3n) is 2.96. The molecule has 1 aliphatic rings. The Hall–Kier alpha value is -1.50. The van der Waals surface area contributed by atoms with Gasteiger partial charge in [0.25, 0.3) is 5.82 Å². The summed E-state index contributed by atoms with van der Waals surface area (Å²) in [5.41, 5.74) is 0. The van der Waals surface area contributed by atoms with Crippen LogP contribution in [0.2, 0.25) is 0 Å². The van der Waals surface area contributed by atoms with Crippen molar-refractivity contribution < 1.29 is 14.6 Å². The zero-order valence-electron chi connectivity index (χ0n) is 9.74. The molecule has 0 aliphatic heterocycles. The van der Waals surface area contributed by atoms with Crippen LogP contribution in [0.4, 0.5) is 0 Å². The highest BCUT2D eigenvalue weighted by molar-refractivity contribution is 5.85. The van der Waals surface area contributed by atoms with E-state index in [1.54, 1.807) is 6.92 Å². The van der Waals surface area contributed by atoms with E-state index < -0.39 is 12.1 Å². The van der Waals surface area contributed by atoms with Crippen molar-refractivity contribution in [2.24, 2.45) is 0 Å². The summed E-state index contributed by atoms with van der Waals surface area (Å²) in [4.78, 5) is 11.6. The summed E-state index contributed by atoms with van der Waals surface area (Å²) in [5, 5.41) is 20.8. The molecule has 1 aromatic rings. The van der Waals surface area contributed by atoms with Gasteiger partial charge in [-0.3, -0.25) is 0 Å². The van der Waals surface area contributed by atoms with Crippen LogP contribution in [0.25, 0.3) is 0 Å². The first-order chi connectivity index (χ1) is 8.24. The first-order valence-corrected chi connectivity index (χ1v) is 5.87. The smallest absolute Gasteiger partial charge is 0.378 e. The fourth-order valence-corrected chi connectivity index (χ4v) is 2.12. The van der Waals surface area contributed by atoms with Crippen LogP contribution in [0.5, 0.6) is 0 Å². The molecule has 7 nitrogen and oxygen atoms in total. The minimum atomic E-state index is -0.546. The number of carbonyl (C=O) groups is 1. The van der Waals surface area contributed by atoms with E-state index in [9.17, 15) is 9.90 Å². The van der Waals surface area contributed by atoms with E-state index in [0.717, 1.165) is 19.3 Å². The van der Waals surface area contributed by atoms with Crippen molar-refractivity contribution in [1.82, 2.24) is 20.2 Å². The lowest BCUT2D eigenvalue weighted by Gasteiger charge is -2.27. The van der Waals surface area contributed by atoms with E-state index in [1.807, 2.05) is 0 Å². The van der Waals surface area contributed by atoms with Crippen molar-refractivity contribution in [2.75, 3.05) is 6.61 Å². The number of esters is 1. The lowest BCUT2D eigenvalue weighted by molar-refractivity contribution is 0.0449. The maximum Gasteiger partial charge on any atom is 0.378 e. The Kier molecular flexibility index (Phi) is 3.68. The maximum atomic E-state index is 11.6. The Morgan fingerprint density at radius 3 is 3.00 bits per heavy atom. The van der Waals surface area contributed by atoms with E-state index in [0.29, 0.717) is 6.42 Å². The van der Waals surface area contributed by atoms with Crippen LogP contribution >= 0.6 is 0 Å². The molecule has 1 aliphatic carbocycles. The SMILES string of the molecule is CCOC(=O)c1nnnn1C1CCCCC1O. The van der Waals surface area contributed by atoms with Crippen molar-refractivity contribution >= 4 is 5.97 Å². The molecular weight excluding hydrogens is 224 g/mol. The highest BCUT2D eigenvalue weighted by Crippen LogP contribution is 2.28. The summed E-state index contributed by atoms with van der Waals surface area (Å²) in [7, 11) is 0. The number of ether oxygens (including phenoxy) is 1. The second-order valence-corrected chi connectivity index (χ2v) is 4.09. The zero-order chi connectivity index (χ0) is 12.3. The van der Waals surface area contributed by atoms with E-state index in [-0.39, 0.29) is 18.5 Å². The van der Waals surface area contributed by atoms with Gasteiger partial charge in [0.2, 0.25) is 0 Å². The Bertz CT molecular complexity index is 393. The number of aliphatic hydroxyl groups excluding tert-OH is 1. The topological polar surface area (TPSA) is 90.1 Å². The average Bonchev–Trinajstić information content (AvgIpc) is 2.79. The number of hydrogen-bond acceptors (Lipinski definition) is 6. The molecule has 17 heavy (non-hydrogen) atoms. The number of hydrogen-bond donors (Lipinski definition) is 1. The number of rotatable bonds is 3. The first-order valence-electron chi connectivity index (χ1n) is 5.87. The van der Waals surface area contributed by atoms with Crippen molar-refractivity contribution in [3.63, 3.8) is 0 Å².